The summed E-state index contributed by atoms with van der Waals surface area (Å²) in [5.41, 5.74) is 4.66. The fourth-order valence-electron chi connectivity index (χ4n) is 5.09. The summed E-state index contributed by atoms with van der Waals surface area (Å²) in [6.07, 6.45) is 0.173. The molecule has 35 heavy (non-hydrogen) atoms. The number of hydrogen-bond acceptors (Lipinski definition) is 6. The van der Waals surface area contributed by atoms with Crippen molar-refractivity contribution in [3.63, 3.8) is 0 Å². The van der Waals surface area contributed by atoms with Gasteiger partial charge in [-0.2, -0.15) is 8.42 Å². The average Bonchev–Trinajstić information content (AvgIpc) is 3.26. The largest absolute Gasteiger partial charge is 0.508 e. The van der Waals surface area contributed by atoms with Gasteiger partial charge in [0, 0.05) is 15.3 Å². The van der Waals surface area contributed by atoms with Gasteiger partial charge in [-0.15, -0.1) is 0 Å². The Morgan fingerprint density at radius 2 is 1.43 bits per heavy atom. The monoisotopic (exact) mass is 574 g/mol. The van der Waals surface area contributed by atoms with Gasteiger partial charge >= 0.3 is 10.1 Å². The van der Waals surface area contributed by atoms with Crippen LogP contribution in [0.1, 0.15) is 28.7 Å². The lowest BCUT2D eigenvalue weighted by Crippen LogP contribution is -2.36. The van der Waals surface area contributed by atoms with Gasteiger partial charge in [0.25, 0.3) is 0 Å². The van der Waals surface area contributed by atoms with Crippen molar-refractivity contribution in [1.29, 1.82) is 0 Å². The van der Waals surface area contributed by atoms with Gasteiger partial charge in [-0.05, 0) is 102 Å². The average molecular weight is 576 g/mol. The minimum absolute atomic E-state index is 0.0984. The second-order valence-corrected chi connectivity index (χ2v) is 13.3. The van der Waals surface area contributed by atoms with Crippen LogP contribution in [0.25, 0.3) is 11.1 Å². The Kier molecular flexibility index (Phi) is 6.05. The Morgan fingerprint density at radius 1 is 0.886 bits per heavy atom. The zero-order valence-electron chi connectivity index (χ0n) is 18.9. The van der Waals surface area contributed by atoms with Crippen molar-refractivity contribution in [1.82, 2.24) is 0 Å². The molecule has 0 amide bonds. The van der Waals surface area contributed by atoms with Crippen LogP contribution in [0.4, 0.5) is 0 Å². The van der Waals surface area contributed by atoms with Crippen LogP contribution in [0.3, 0.4) is 0 Å². The van der Waals surface area contributed by atoms with Crippen molar-refractivity contribution in [2.24, 2.45) is 0 Å². The van der Waals surface area contributed by atoms with Crippen LogP contribution in [-0.4, -0.2) is 38.6 Å². The molecule has 0 spiro atoms. The van der Waals surface area contributed by atoms with E-state index in [-0.39, 0.29) is 23.7 Å². The number of phenols is 2. The van der Waals surface area contributed by atoms with Crippen molar-refractivity contribution in [3.05, 3.63) is 87.4 Å². The fourth-order valence-corrected chi connectivity index (χ4v) is 9.72. The predicted octanol–water partition coefficient (Wildman–Crippen LogP) is 5.07. The molecule has 4 atom stereocenters. The highest BCUT2D eigenvalue weighted by Gasteiger charge is 2.57. The normalized spacial score (nSPS) is 23.6. The molecular weight excluding hydrogens is 552 g/mol. The van der Waals surface area contributed by atoms with Crippen molar-refractivity contribution in [2.45, 2.75) is 36.0 Å². The number of phenolic OH excluding ortho intramolecular Hbond substituents is 2. The first kappa shape index (κ1) is 24.1. The maximum atomic E-state index is 13.7. The number of benzene rings is 3. The molecule has 0 aliphatic carbocycles. The molecular formula is C26H23BrO6S2. The van der Waals surface area contributed by atoms with E-state index in [0.29, 0.717) is 5.57 Å². The van der Waals surface area contributed by atoms with Crippen LogP contribution in [0.15, 0.2) is 65.1 Å². The first-order valence-electron chi connectivity index (χ1n) is 11.0. The number of fused-ring (bicyclic) bond motifs is 2. The van der Waals surface area contributed by atoms with E-state index in [1.54, 1.807) is 60.7 Å². The molecule has 1 saturated heterocycles. The minimum atomic E-state index is -4.11. The summed E-state index contributed by atoms with van der Waals surface area (Å²) in [7, 11) is -5.60. The second-order valence-electron chi connectivity index (χ2n) is 8.87. The SMILES string of the molecule is Cc1cc(O)ccc1C1=C(c2ccc(O)cc2C)[C@H]2[C@@H](S(=O)(=O)Oc3ccc(Br)cc3)C[C@@H]1S2=O. The molecule has 0 aromatic heterocycles. The Labute approximate surface area is 215 Å². The van der Waals surface area contributed by atoms with Gasteiger partial charge in [-0.3, -0.25) is 4.21 Å². The van der Waals surface area contributed by atoms with E-state index in [1.165, 1.54) is 0 Å². The molecule has 1 fully saturated rings. The molecule has 3 aromatic carbocycles. The number of halogens is 1. The smallest absolute Gasteiger partial charge is 0.313 e. The third-order valence-electron chi connectivity index (χ3n) is 6.61. The topological polar surface area (TPSA) is 101 Å². The van der Waals surface area contributed by atoms with Gasteiger partial charge in [0.2, 0.25) is 0 Å². The van der Waals surface area contributed by atoms with Crippen LogP contribution < -0.4 is 4.18 Å². The van der Waals surface area contributed by atoms with Gasteiger partial charge in [0.05, 0.1) is 10.5 Å². The van der Waals surface area contributed by atoms with E-state index in [0.717, 1.165) is 32.3 Å². The maximum absolute atomic E-state index is 13.7. The summed E-state index contributed by atoms with van der Waals surface area (Å²) in [6.45, 7) is 3.70. The molecule has 0 radical (unpaired) electrons. The number of aromatic hydroxyl groups is 2. The maximum Gasteiger partial charge on any atom is 0.313 e. The third-order valence-corrected chi connectivity index (χ3v) is 11.0. The van der Waals surface area contributed by atoms with E-state index in [9.17, 15) is 22.8 Å². The van der Waals surface area contributed by atoms with E-state index in [2.05, 4.69) is 15.9 Å². The Balaban J connectivity index is 1.66. The standard InChI is InChI=1S/C26H23BrO6S2/c1-14-11-17(28)5-9-20(14)24-22-13-23(35(31,32)33-19-7-3-16(27)4-8-19)26(34(22)30)25(24)21-10-6-18(29)12-15(21)2/h3-12,22-23,26,28-29H,13H2,1-2H3/t22-,23-,26+,34?/m0/s1. The highest BCUT2D eigenvalue weighted by molar-refractivity contribution is 9.10. The lowest BCUT2D eigenvalue weighted by Gasteiger charge is -2.27. The molecule has 9 heteroatoms. The fraction of sp³-hybridized carbons (Fsp3) is 0.231. The Bertz CT molecular complexity index is 1490. The molecule has 5 rings (SSSR count). The zero-order chi connectivity index (χ0) is 25.1. The summed E-state index contributed by atoms with van der Waals surface area (Å²) in [5.74, 6) is 0.422. The first-order valence-corrected chi connectivity index (χ1v) is 14.5. The molecule has 2 heterocycles. The molecule has 3 aromatic rings. The van der Waals surface area contributed by atoms with Gasteiger partial charge < -0.3 is 14.4 Å². The lowest BCUT2D eigenvalue weighted by atomic mass is 9.81. The summed E-state index contributed by atoms with van der Waals surface area (Å²) in [5, 5.41) is 17.6. The van der Waals surface area contributed by atoms with E-state index >= 15 is 0 Å². The van der Waals surface area contributed by atoms with Crippen LogP contribution in [0.2, 0.25) is 0 Å². The van der Waals surface area contributed by atoms with E-state index in [1.807, 2.05) is 13.8 Å². The van der Waals surface area contributed by atoms with Gasteiger partial charge in [0.15, 0.2) is 0 Å². The van der Waals surface area contributed by atoms with Crippen LogP contribution in [0.5, 0.6) is 17.2 Å². The molecule has 182 valence electrons. The van der Waals surface area contributed by atoms with E-state index in [4.69, 9.17) is 4.18 Å². The number of rotatable bonds is 5. The van der Waals surface area contributed by atoms with Gasteiger partial charge in [0.1, 0.15) is 22.5 Å². The van der Waals surface area contributed by atoms with Gasteiger partial charge in [-0.1, -0.05) is 28.1 Å². The molecule has 2 bridgehead atoms. The van der Waals surface area contributed by atoms with Crippen molar-refractivity contribution < 1.29 is 27.0 Å². The Morgan fingerprint density at radius 3 is 1.97 bits per heavy atom. The highest BCUT2D eigenvalue weighted by Crippen LogP contribution is 2.54. The number of hydrogen-bond donors (Lipinski definition) is 2. The zero-order valence-corrected chi connectivity index (χ0v) is 22.2. The summed E-state index contributed by atoms with van der Waals surface area (Å²) in [6, 6.07) is 16.4. The van der Waals surface area contributed by atoms with E-state index < -0.39 is 36.7 Å². The molecule has 0 saturated carbocycles. The van der Waals surface area contributed by atoms with Crippen LogP contribution in [-0.2, 0) is 20.9 Å². The minimum Gasteiger partial charge on any atom is -0.508 e. The van der Waals surface area contributed by atoms with Gasteiger partial charge in [-0.25, -0.2) is 0 Å². The summed E-state index contributed by atoms with van der Waals surface area (Å²) >= 11 is 3.33. The van der Waals surface area contributed by atoms with Crippen LogP contribution >= 0.6 is 15.9 Å². The van der Waals surface area contributed by atoms with Crippen molar-refractivity contribution >= 4 is 48.0 Å². The molecule has 2 aliphatic rings. The summed E-state index contributed by atoms with van der Waals surface area (Å²) < 4.78 is 46.8. The molecule has 1 unspecified atom stereocenters. The first-order chi connectivity index (χ1) is 16.6. The lowest BCUT2D eigenvalue weighted by molar-refractivity contribution is 0.469. The molecule has 2 N–H and O–H groups in total. The van der Waals surface area contributed by atoms with Crippen molar-refractivity contribution in [3.8, 4) is 17.2 Å². The molecule has 6 nitrogen and oxygen atoms in total. The van der Waals surface area contributed by atoms with Crippen LogP contribution in [0, 0.1) is 13.8 Å². The third kappa shape index (κ3) is 4.19. The predicted molar refractivity (Wildman–Crippen MR) is 140 cm³/mol. The van der Waals surface area contributed by atoms with Crippen molar-refractivity contribution in [2.75, 3.05) is 0 Å². The number of aryl methyl sites for hydroxylation is 2. The second kappa shape index (κ2) is 8.80. The Hall–Kier alpha value is -2.62. The molecule has 2 aliphatic heterocycles. The quantitative estimate of drug-likeness (QED) is 0.413. The highest BCUT2D eigenvalue weighted by atomic mass is 79.9. The summed E-state index contributed by atoms with van der Waals surface area (Å²) in [4.78, 5) is 0.